The van der Waals surface area contributed by atoms with Gasteiger partial charge in [-0.25, -0.2) is 0 Å². The lowest BCUT2D eigenvalue weighted by molar-refractivity contribution is -0.123. The Kier molecular flexibility index (Phi) is 5.98. The van der Waals surface area contributed by atoms with Gasteiger partial charge in [0.15, 0.2) is 0 Å². The van der Waals surface area contributed by atoms with E-state index in [1.807, 2.05) is 19.2 Å². The van der Waals surface area contributed by atoms with Crippen molar-refractivity contribution in [3.05, 3.63) is 35.4 Å². The molecule has 1 aromatic rings. The van der Waals surface area contributed by atoms with Crippen LogP contribution in [0.1, 0.15) is 11.1 Å². The number of carbonyl (C=O) groups is 1. The molecule has 5 heteroatoms. The molecule has 0 radical (unpaired) electrons. The van der Waals surface area contributed by atoms with Crippen LogP contribution in [0.2, 0.25) is 0 Å². The van der Waals surface area contributed by atoms with Crippen LogP contribution < -0.4 is 16.0 Å². The SMILES string of the molecule is CNCCOCCNC(=O)C1Cc2ccccc2CN1. The number of fused-ring (bicyclic) bond motifs is 1. The first kappa shape index (κ1) is 15.0. The number of carbonyl (C=O) groups excluding carboxylic acids is 1. The van der Waals surface area contributed by atoms with E-state index in [-0.39, 0.29) is 11.9 Å². The molecule has 0 saturated heterocycles. The summed E-state index contributed by atoms with van der Waals surface area (Å²) in [7, 11) is 1.89. The molecule has 1 aliphatic rings. The third-order valence-electron chi connectivity index (χ3n) is 3.44. The van der Waals surface area contributed by atoms with E-state index < -0.39 is 0 Å². The zero-order valence-corrected chi connectivity index (χ0v) is 11.9. The molecule has 110 valence electrons. The highest BCUT2D eigenvalue weighted by atomic mass is 16.5. The quantitative estimate of drug-likeness (QED) is 0.617. The zero-order valence-electron chi connectivity index (χ0n) is 11.9. The van der Waals surface area contributed by atoms with Crippen LogP contribution in [0.3, 0.4) is 0 Å². The minimum absolute atomic E-state index is 0.0525. The average Bonchev–Trinajstić information content (AvgIpc) is 2.50. The van der Waals surface area contributed by atoms with E-state index >= 15 is 0 Å². The van der Waals surface area contributed by atoms with Crippen molar-refractivity contribution >= 4 is 5.91 Å². The smallest absolute Gasteiger partial charge is 0.237 e. The van der Waals surface area contributed by atoms with Crippen molar-refractivity contribution in [2.45, 2.75) is 19.0 Å². The summed E-state index contributed by atoms with van der Waals surface area (Å²) in [6, 6.07) is 8.11. The zero-order chi connectivity index (χ0) is 14.2. The van der Waals surface area contributed by atoms with Crippen LogP contribution in [0.5, 0.6) is 0 Å². The highest BCUT2D eigenvalue weighted by Gasteiger charge is 2.23. The average molecular weight is 277 g/mol. The van der Waals surface area contributed by atoms with Crippen molar-refractivity contribution < 1.29 is 9.53 Å². The summed E-state index contributed by atoms with van der Waals surface area (Å²) >= 11 is 0. The molecule has 1 amide bonds. The minimum Gasteiger partial charge on any atom is -0.378 e. The van der Waals surface area contributed by atoms with Gasteiger partial charge < -0.3 is 20.7 Å². The predicted molar refractivity (Wildman–Crippen MR) is 78.5 cm³/mol. The van der Waals surface area contributed by atoms with Gasteiger partial charge in [0, 0.05) is 19.6 Å². The van der Waals surface area contributed by atoms with E-state index in [2.05, 4.69) is 28.1 Å². The lowest BCUT2D eigenvalue weighted by atomic mass is 9.95. The second-order valence-corrected chi connectivity index (χ2v) is 4.91. The van der Waals surface area contributed by atoms with Gasteiger partial charge in [-0.3, -0.25) is 4.79 Å². The topological polar surface area (TPSA) is 62.4 Å². The highest BCUT2D eigenvalue weighted by molar-refractivity contribution is 5.82. The van der Waals surface area contributed by atoms with Crippen LogP contribution in [0.25, 0.3) is 0 Å². The molecule has 2 rings (SSSR count). The number of hydrogen-bond donors (Lipinski definition) is 3. The lowest BCUT2D eigenvalue weighted by Gasteiger charge is -2.25. The van der Waals surface area contributed by atoms with Crippen molar-refractivity contribution in [1.29, 1.82) is 0 Å². The molecule has 0 aromatic heterocycles. The van der Waals surface area contributed by atoms with Crippen molar-refractivity contribution in [2.75, 3.05) is 33.4 Å². The first-order valence-electron chi connectivity index (χ1n) is 7.11. The molecule has 1 heterocycles. The van der Waals surface area contributed by atoms with Crippen molar-refractivity contribution in [3.8, 4) is 0 Å². The third kappa shape index (κ3) is 4.30. The van der Waals surface area contributed by atoms with Gasteiger partial charge in [0.05, 0.1) is 19.3 Å². The largest absolute Gasteiger partial charge is 0.378 e. The van der Waals surface area contributed by atoms with Gasteiger partial charge in [-0.05, 0) is 24.6 Å². The van der Waals surface area contributed by atoms with Gasteiger partial charge >= 0.3 is 0 Å². The molecule has 5 nitrogen and oxygen atoms in total. The Labute approximate surface area is 120 Å². The van der Waals surface area contributed by atoms with Crippen molar-refractivity contribution in [3.63, 3.8) is 0 Å². The number of amides is 1. The highest BCUT2D eigenvalue weighted by Crippen LogP contribution is 2.16. The molecule has 1 unspecified atom stereocenters. The molecule has 0 bridgehead atoms. The molecule has 0 saturated carbocycles. The van der Waals surface area contributed by atoms with E-state index in [0.29, 0.717) is 19.8 Å². The van der Waals surface area contributed by atoms with Crippen LogP contribution in [-0.4, -0.2) is 45.3 Å². The molecule has 1 aliphatic heterocycles. The molecule has 0 fully saturated rings. The Balaban J connectivity index is 1.69. The summed E-state index contributed by atoms with van der Waals surface area (Å²) in [5, 5.41) is 9.19. The number of likely N-dealkylation sites (N-methyl/N-ethyl adjacent to an activating group) is 1. The fourth-order valence-corrected chi connectivity index (χ4v) is 2.29. The van der Waals surface area contributed by atoms with Gasteiger partial charge in [-0.1, -0.05) is 24.3 Å². The lowest BCUT2D eigenvalue weighted by Crippen LogP contribution is -2.48. The van der Waals surface area contributed by atoms with Crippen LogP contribution >= 0.6 is 0 Å². The van der Waals surface area contributed by atoms with Gasteiger partial charge in [-0.15, -0.1) is 0 Å². The van der Waals surface area contributed by atoms with E-state index in [4.69, 9.17) is 4.74 Å². The first-order chi connectivity index (χ1) is 9.81. The molecular formula is C15H23N3O2. The van der Waals surface area contributed by atoms with E-state index in [9.17, 15) is 4.79 Å². The van der Waals surface area contributed by atoms with E-state index in [0.717, 1.165) is 19.5 Å². The van der Waals surface area contributed by atoms with Gasteiger partial charge in [-0.2, -0.15) is 0 Å². The van der Waals surface area contributed by atoms with Gasteiger partial charge in [0.25, 0.3) is 0 Å². The Morgan fingerprint density at radius 3 is 2.85 bits per heavy atom. The Morgan fingerprint density at radius 2 is 2.05 bits per heavy atom. The summed E-state index contributed by atoms with van der Waals surface area (Å²) in [5.74, 6) is 0.0525. The maximum Gasteiger partial charge on any atom is 0.237 e. The van der Waals surface area contributed by atoms with Crippen LogP contribution in [0.15, 0.2) is 24.3 Å². The van der Waals surface area contributed by atoms with E-state index in [1.54, 1.807) is 0 Å². The number of hydrogen-bond acceptors (Lipinski definition) is 4. The third-order valence-corrected chi connectivity index (χ3v) is 3.44. The van der Waals surface area contributed by atoms with Crippen molar-refractivity contribution in [1.82, 2.24) is 16.0 Å². The molecule has 1 aromatic carbocycles. The fourth-order valence-electron chi connectivity index (χ4n) is 2.29. The fraction of sp³-hybridized carbons (Fsp3) is 0.533. The second-order valence-electron chi connectivity index (χ2n) is 4.91. The summed E-state index contributed by atoms with van der Waals surface area (Å²) in [6.45, 7) is 3.36. The molecule has 3 N–H and O–H groups in total. The van der Waals surface area contributed by atoms with Gasteiger partial charge in [0.2, 0.25) is 5.91 Å². The normalized spacial score (nSPS) is 17.6. The number of ether oxygens (including phenoxy) is 1. The Hall–Kier alpha value is -1.43. The summed E-state index contributed by atoms with van der Waals surface area (Å²) in [6.07, 6.45) is 0.753. The maximum absolute atomic E-state index is 12.1. The number of benzene rings is 1. The Bertz CT molecular complexity index is 437. The van der Waals surface area contributed by atoms with Crippen LogP contribution in [-0.2, 0) is 22.5 Å². The summed E-state index contributed by atoms with van der Waals surface area (Å²) < 4.78 is 5.37. The first-order valence-corrected chi connectivity index (χ1v) is 7.11. The summed E-state index contributed by atoms with van der Waals surface area (Å²) in [5.41, 5.74) is 2.55. The van der Waals surface area contributed by atoms with Crippen molar-refractivity contribution in [2.24, 2.45) is 0 Å². The standard InChI is InChI=1S/C15H23N3O2/c1-16-6-8-20-9-7-17-15(19)14-10-12-4-2-3-5-13(12)11-18-14/h2-5,14,16,18H,6-11H2,1H3,(H,17,19). The molecule has 20 heavy (non-hydrogen) atoms. The van der Waals surface area contributed by atoms with Gasteiger partial charge in [0.1, 0.15) is 0 Å². The molecule has 0 aliphatic carbocycles. The monoisotopic (exact) mass is 277 g/mol. The maximum atomic E-state index is 12.1. The summed E-state index contributed by atoms with van der Waals surface area (Å²) in [4.78, 5) is 12.1. The van der Waals surface area contributed by atoms with Crippen LogP contribution in [0, 0.1) is 0 Å². The molecular weight excluding hydrogens is 254 g/mol. The Morgan fingerprint density at radius 1 is 1.30 bits per heavy atom. The number of rotatable bonds is 7. The van der Waals surface area contributed by atoms with Crippen LogP contribution in [0.4, 0.5) is 0 Å². The van der Waals surface area contributed by atoms with E-state index in [1.165, 1.54) is 11.1 Å². The molecule has 0 spiro atoms. The predicted octanol–water partition coefficient (Wildman–Crippen LogP) is 0.0531. The number of nitrogens with one attached hydrogen (secondary N) is 3. The molecule has 1 atom stereocenters. The minimum atomic E-state index is -0.137. The second kappa shape index (κ2) is 7.99.